The molecule has 0 spiro atoms. The van der Waals surface area contributed by atoms with Crippen molar-refractivity contribution in [1.82, 2.24) is 0 Å². The van der Waals surface area contributed by atoms with E-state index in [1.807, 2.05) is 13.0 Å². The van der Waals surface area contributed by atoms with E-state index in [1.165, 1.54) is 5.56 Å². The Morgan fingerprint density at radius 3 is 2.21 bits per heavy atom. The smallest absolute Gasteiger partial charge is 0.0372 e. The first-order valence-corrected chi connectivity index (χ1v) is 5.04. The average Bonchev–Trinajstić information content (AvgIpc) is 2.11. The quantitative estimate of drug-likeness (QED) is 0.708. The summed E-state index contributed by atoms with van der Waals surface area (Å²) in [6, 6.07) is 3.97. The molecule has 0 unspecified atom stereocenters. The van der Waals surface area contributed by atoms with Crippen molar-refractivity contribution in [2.75, 3.05) is 11.5 Å². The highest BCUT2D eigenvalue weighted by Crippen LogP contribution is 2.33. The molecule has 0 heterocycles. The molecule has 0 fully saturated rings. The molecule has 0 amide bonds. The lowest BCUT2D eigenvalue weighted by molar-refractivity contribution is 0.508. The molecule has 1 aromatic carbocycles. The highest BCUT2D eigenvalue weighted by molar-refractivity contribution is 5.62. The van der Waals surface area contributed by atoms with Crippen LogP contribution in [0.5, 0.6) is 0 Å². The van der Waals surface area contributed by atoms with Crippen LogP contribution in [-0.4, -0.2) is 0 Å². The first-order chi connectivity index (χ1) is 6.38. The third-order valence-corrected chi connectivity index (χ3v) is 3.05. The van der Waals surface area contributed by atoms with Crippen LogP contribution < -0.4 is 11.5 Å². The Morgan fingerprint density at radius 1 is 1.14 bits per heavy atom. The van der Waals surface area contributed by atoms with Gasteiger partial charge in [-0.2, -0.15) is 0 Å². The van der Waals surface area contributed by atoms with Gasteiger partial charge in [-0.15, -0.1) is 0 Å². The Morgan fingerprint density at radius 2 is 1.71 bits per heavy atom. The van der Waals surface area contributed by atoms with Gasteiger partial charge in [0, 0.05) is 11.4 Å². The Labute approximate surface area is 86.3 Å². The van der Waals surface area contributed by atoms with Crippen molar-refractivity contribution < 1.29 is 0 Å². The molecule has 4 N–H and O–H groups in total. The van der Waals surface area contributed by atoms with Gasteiger partial charge in [0.1, 0.15) is 0 Å². The van der Waals surface area contributed by atoms with Gasteiger partial charge in [0.2, 0.25) is 0 Å². The Bertz CT molecular complexity index is 340. The topological polar surface area (TPSA) is 52.0 Å². The maximum atomic E-state index is 5.97. The normalized spacial score (nSPS) is 11.7. The van der Waals surface area contributed by atoms with Gasteiger partial charge in [-0.05, 0) is 36.0 Å². The fourth-order valence-electron chi connectivity index (χ4n) is 1.52. The predicted octanol–water partition coefficient (Wildman–Crippen LogP) is 2.85. The summed E-state index contributed by atoms with van der Waals surface area (Å²) in [6.45, 7) is 8.60. The minimum absolute atomic E-state index is 0.128. The van der Waals surface area contributed by atoms with Crippen LogP contribution in [0.1, 0.15) is 38.3 Å². The molecule has 0 atom stereocenters. The Hall–Kier alpha value is -1.18. The summed E-state index contributed by atoms with van der Waals surface area (Å²) < 4.78 is 0. The summed E-state index contributed by atoms with van der Waals surface area (Å²) in [6.07, 6.45) is 1.07. The summed E-state index contributed by atoms with van der Waals surface area (Å²) >= 11 is 0. The number of aryl methyl sites for hydroxylation is 1. The standard InChI is InChI=1S/C12H20N2/c1-5-12(3,4)9-6-8(2)10(13)7-11(9)14/h6-7H,5,13-14H2,1-4H3. The highest BCUT2D eigenvalue weighted by atomic mass is 14.6. The molecule has 0 radical (unpaired) electrons. The monoisotopic (exact) mass is 192 g/mol. The lowest BCUT2D eigenvalue weighted by Gasteiger charge is -2.26. The zero-order valence-corrected chi connectivity index (χ0v) is 9.52. The van der Waals surface area contributed by atoms with Crippen molar-refractivity contribution in [1.29, 1.82) is 0 Å². The maximum absolute atomic E-state index is 5.97. The lowest BCUT2D eigenvalue weighted by atomic mass is 9.80. The molecule has 0 aromatic heterocycles. The van der Waals surface area contributed by atoms with Gasteiger partial charge in [-0.3, -0.25) is 0 Å². The van der Waals surface area contributed by atoms with Crippen LogP contribution >= 0.6 is 0 Å². The van der Waals surface area contributed by atoms with Gasteiger partial charge in [0.15, 0.2) is 0 Å². The molecular formula is C12H20N2. The zero-order chi connectivity index (χ0) is 10.9. The molecule has 2 heteroatoms. The Balaban J connectivity index is 3.29. The van der Waals surface area contributed by atoms with E-state index >= 15 is 0 Å². The van der Waals surface area contributed by atoms with Crippen molar-refractivity contribution in [3.63, 3.8) is 0 Å². The van der Waals surface area contributed by atoms with Gasteiger partial charge < -0.3 is 11.5 Å². The number of nitrogens with two attached hydrogens (primary N) is 2. The average molecular weight is 192 g/mol. The molecule has 0 saturated carbocycles. The van der Waals surface area contributed by atoms with E-state index in [1.54, 1.807) is 0 Å². The van der Waals surface area contributed by atoms with Gasteiger partial charge in [0.05, 0.1) is 0 Å². The molecule has 78 valence electrons. The van der Waals surface area contributed by atoms with Gasteiger partial charge in [0.25, 0.3) is 0 Å². The van der Waals surface area contributed by atoms with E-state index in [0.29, 0.717) is 0 Å². The zero-order valence-electron chi connectivity index (χ0n) is 9.52. The third kappa shape index (κ3) is 1.84. The highest BCUT2D eigenvalue weighted by Gasteiger charge is 2.21. The second-order valence-corrected chi connectivity index (χ2v) is 4.53. The van der Waals surface area contributed by atoms with E-state index in [4.69, 9.17) is 11.5 Å². The van der Waals surface area contributed by atoms with E-state index in [2.05, 4.69) is 26.8 Å². The Kier molecular flexibility index (Phi) is 2.74. The minimum Gasteiger partial charge on any atom is -0.398 e. The number of hydrogen-bond acceptors (Lipinski definition) is 2. The molecule has 0 aliphatic rings. The maximum Gasteiger partial charge on any atom is 0.0372 e. The van der Waals surface area contributed by atoms with Crippen LogP contribution in [0.2, 0.25) is 0 Å². The fourth-order valence-corrected chi connectivity index (χ4v) is 1.52. The number of benzene rings is 1. The van der Waals surface area contributed by atoms with Crippen LogP contribution in [0.4, 0.5) is 11.4 Å². The second kappa shape index (κ2) is 3.52. The fraction of sp³-hybridized carbons (Fsp3) is 0.500. The van der Waals surface area contributed by atoms with Crippen LogP contribution in [0.3, 0.4) is 0 Å². The lowest BCUT2D eigenvalue weighted by Crippen LogP contribution is -2.18. The van der Waals surface area contributed by atoms with Crippen LogP contribution in [0.15, 0.2) is 12.1 Å². The second-order valence-electron chi connectivity index (χ2n) is 4.53. The first-order valence-electron chi connectivity index (χ1n) is 5.04. The molecule has 14 heavy (non-hydrogen) atoms. The van der Waals surface area contributed by atoms with Crippen LogP contribution in [0, 0.1) is 6.92 Å². The van der Waals surface area contributed by atoms with Gasteiger partial charge in [-0.1, -0.05) is 26.8 Å². The van der Waals surface area contributed by atoms with E-state index < -0.39 is 0 Å². The molecule has 0 bridgehead atoms. The summed E-state index contributed by atoms with van der Waals surface area (Å²) in [5.41, 5.74) is 15.8. The molecule has 0 saturated heterocycles. The van der Waals surface area contributed by atoms with E-state index in [9.17, 15) is 0 Å². The summed E-state index contributed by atoms with van der Waals surface area (Å²) in [4.78, 5) is 0. The van der Waals surface area contributed by atoms with E-state index in [-0.39, 0.29) is 5.41 Å². The van der Waals surface area contributed by atoms with Crippen molar-refractivity contribution in [3.05, 3.63) is 23.3 Å². The molecule has 0 aliphatic carbocycles. The van der Waals surface area contributed by atoms with Gasteiger partial charge in [-0.25, -0.2) is 0 Å². The van der Waals surface area contributed by atoms with Crippen LogP contribution in [0.25, 0.3) is 0 Å². The van der Waals surface area contributed by atoms with Crippen LogP contribution in [-0.2, 0) is 5.41 Å². The summed E-state index contributed by atoms with van der Waals surface area (Å²) in [7, 11) is 0. The molecule has 1 aromatic rings. The number of nitrogen functional groups attached to an aromatic ring is 2. The largest absolute Gasteiger partial charge is 0.398 e. The van der Waals surface area contributed by atoms with Crippen molar-refractivity contribution in [2.45, 2.75) is 39.5 Å². The summed E-state index contributed by atoms with van der Waals surface area (Å²) in [5, 5.41) is 0. The predicted molar refractivity (Wildman–Crippen MR) is 63.3 cm³/mol. The van der Waals surface area contributed by atoms with Crippen molar-refractivity contribution in [2.24, 2.45) is 0 Å². The SMILES string of the molecule is CCC(C)(C)c1cc(C)c(N)cc1N. The molecule has 2 nitrogen and oxygen atoms in total. The minimum atomic E-state index is 0.128. The number of rotatable bonds is 2. The molecule has 1 rings (SSSR count). The number of hydrogen-bond donors (Lipinski definition) is 2. The molecular weight excluding hydrogens is 172 g/mol. The van der Waals surface area contributed by atoms with Gasteiger partial charge >= 0.3 is 0 Å². The van der Waals surface area contributed by atoms with Crippen molar-refractivity contribution in [3.8, 4) is 0 Å². The number of anilines is 2. The van der Waals surface area contributed by atoms with Crippen molar-refractivity contribution >= 4 is 11.4 Å². The third-order valence-electron chi connectivity index (χ3n) is 3.05. The first kappa shape index (κ1) is 10.9. The summed E-state index contributed by atoms with van der Waals surface area (Å²) in [5.74, 6) is 0. The van der Waals surface area contributed by atoms with E-state index in [0.717, 1.165) is 23.4 Å². The molecule has 0 aliphatic heterocycles.